The smallest absolute Gasteiger partial charge is 0.241 e. The lowest BCUT2D eigenvalue weighted by molar-refractivity contribution is -0.122. The number of fused-ring (bicyclic) bond motifs is 1. The number of aromatic nitrogens is 2. The maximum Gasteiger partial charge on any atom is 0.241 e. The van der Waals surface area contributed by atoms with E-state index in [4.69, 9.17) is 5.73 Å². The Bertz CT molecular complexity index is 777. The zero-order chi connectivity index (χ0) is 18.6. The van der Waals surface area contributed by atoms with Crippen molar-refractivity contribution in [1.82, 2.24) is 20.0 Å². The van der Waals surface area contributed by atoms with E-state index in [1.165, 1.54) is 37.8 Å². The average molecular weight is 440 g/mol. The van der Waals surface area contributed by atoms with E-state index in [1.807, 2.05) is 30.3 Å². The highest BCUT2D eigenvalue weighted by molar-refractivity contribution is 5.85. The highest BCUT2D eigenvalue weighted by Crippen LogP contribution is 2.26. The van der Waals surface area contributed by atoms with Gasteiger partial charge in [0.15, 0.2) is 0 Å². The van der Waals surface area contributed by atoms with Gasteiger partial charge in [0, 0.05) is 19.1 Å². The number of hydrogen-bond acceptors (Lipinski definition) is 4. The van der Waals surface area contributed by atoms with Gasteiger partial charge in [0.25, 0.3) is 0 Å². The van der Waals surface area contributed by atoms with Gasteiger partial charge >= 0.3 is 0 Å². The van der Waals surface area contributed by atoms with E-state index in [9.17, 15) is 4.79 Å². The second kappa shape index (κ2) is 11.0. The Morgan fingerprint density at radius 3 is 2.59 bits per heavy atom. The van der Waals surface area contributed by atoms with Crippen LogP contribution in [0.2, 0.25) is 0 Å². The third-order valence-electron chi connectivity index (χ3n) is 5.85. The Morgan fingerprint density at radius 2 is 1.86 bits per heavy atom. The van der Waals surface area contributed by atoms with E-state index in [-0.39, 0.29) is 30.7 Å². The number of rotatable bonds is 5. The molecule has 1 saturated carbocycles. The predicted molar refractivity (Wildman–Crippen MR) is 119 cm³/mol. The lowest BCUT2D eigenvalue weighted by Gasteiger charge is -2.36. The van der Waals surface area contributed by atoms with Gasteiger partial charge in [-0.05, 0) is 24.5 Å². The predicted octanol–water partition coefficient (Wildman–Crippen LogP) is 3.19. The molecule has 1 aromatic carbocycles. The van der Waals surface area contributed by atoms with Gasteiger partial charge in [0.1, 0.15) is 6.04 Å². The van der Waals surface area contributed by atoms with Crippen molar-refractivity contribution < 1.29 is 4.79 Å². The van der Waals surface area contributed by atoms with Crippen LogP contribution in [0, 0.1) is 0 Å². The molecule has 160 valence electrons. The van der Waals surface area contributed by atoms with Crippen LogP contribution in [0.5, 0.6) is 0 Å². The molecule has 6 nitrogen and oxygen atoms in total. The fraction of sp³-hybridized carbons (Fsp3) is 0.524. The van der Waals surface area contributed by atoms with Gasteiger partial charge in [-0.1, -0.05) is 49.6 Å². The molecule has 1 aliphatic carbocycles. The van der Waals surface area contributed by atoms with Crippen LogP contribution < -0.4 is 11.1 Å². The second-order valence-corrected chi connectivity index (χ2v) is 7.72. The summed E-state index contributed by atoms with van der Waals surface area (Å²) in [5.41, 5.74) is 9.04. The van der Waals surface area contributed by atoms with Crippen LogP contribution in [-0.2, 0) is 24.4 Å². The fourth-order valence-corrected chi connectivity index (χ4v) is 4.29. The highest BCUT2D eigenvalue weighted by atomic mass is 35.5. The highest BCUT2D eigenvalue weighted by Gasteiger charge is 2.26. The van der Waals surface area contributed by atoms with E-state index in [0.717, 1.165) is 36.9 Å². The van der Waals surface area contributed by atoms with Gasteiger partial charge in [-0.3, -0.25) is 14.4 Å². The molecule has 1 amide bonds. The molecule has 1 aliphatic heterocycles. The molecule has 0 spiro atoms. The van der Waals surface area contributed by atoms with E-state index in [0.29, 0.717) is 6.54 Å². The molecule has 0 saturated heterocycles. The van der Waals surface area contributed by atoms with Gasteiger partial charge < -0.3 is 11.1 Å². The Hall–Kier alpha value is -1.60. The van der Waals surface area contributed by atoms with Crippen molar-refractivity contribution in [1.29, 1.82) is 0 Å². The summed E-state index contributed by atoms with van der Waals surface area (Å²) in [6, 6.07) is 11.7. The summed E-state index contributed by atoms with van der Waals surface area (Å²) >= 11 is 0. The maximum atomic E-state index is 12.3. The number of carbonyl (C=O) groups is 1. The third-order valence-corrected chi connectivity index (χ3v) is 5.85. The first-order valence-electron chi connectivity index (χ1n) is 10.1. The molecular formula is C21H31Cl2N5O. The standard InChI is InChI=1S/C21H29N5O.2ClH/c22-20(16-7-3-1-4-8-16)21(27)23-14-17-13-19-15-25(11-12-26(19)24-17)18-9-5-2-6-10-18;;/h1,3-4,7-8,13,18,20H,2,5-6,9-12,14-15,22H2,(H,23,27);2*1H/t20-;;/m1../s1. The van der Waals surface area contributed by atoms with Crippen LogP contribution in [0.25, 0.3) is 0 Å². The first kappa shape index (κ1) is 23.7. The molecule has 3 N–H and O–H groups in total. The van der Waals surface area contributed by atoms with Gasteiger partial charge in [-0.2, -0.15) is 5.10 Å². The molecule has 29 heavy (non-hydrogen) atoms. The van der Waals surface area contributed by atoms with Crippen LogP contribution in [0.3, 0.4) is 0 Å². The van der Waals surface area contributed by atoms with E-state index < -0.39 is 6.04 Å². The van der Waals surface area contributed by atoms with Gasteiger partial charge in [-0.15, -0.1) is 24.8 Å². The monoisotopic (exact) mass is 439 g/mol. The normalized spacial score (nSPS) is 18.1. The van der Waals surface area contributed by atoms with E-state index in [2.05, 4.69) is 26.1 Å². The number of halogens is 2. The van der Waals surface area contributed by atoms with Crippen molar-refractivity contribution >= 4 is 30.7 Å². The van der Waals surface area contributed by atoms with Crippen molar-refractivity contribution in [3.63, 3.8) is 0 Å². The number of carbonyl (C=O) groups excluding carboxylic acids is 1. The molecule has 2 aliphatic rings. The number of nitrogens with one attached hydrogen (secondary N) is 1. The van der Waals surface area contributed by atoms with Crippen LogP contribution in [0.15, 0.2) is 36.4 Å². The summed E-state index contributed by atoms with van der Waals surface area (Å²) in [5, 5.41) is 7.60. The number of nitrogens with zero attached hydrogens (tertiary/aromatic N) is 3. The minimum atomic E-state index is -0.648. The minimum absolute atomic E-state index is 0. The van der Waals surface area contributed by atoms with Crippen molar-refractivity contribution in [2.24, 2.45) is 5.73 Å². The second-order valence-electron chi connectivity index (χ2n) is 7.72. The average Bonchev–Trinajstić information content (AvgIpc) is 3.15. The number of benzene rings is 1. The third kappa shape index (κ3) is 5.72. The summed E-state index contributed by atoms with van der Waals surface area (Å²) in [6.07, 6.45) is 6.76. The minimum Gasteiger partial charge on any atom is -0.349 e. The van der Waals surface area contributed by atoms with Gasteiger partial charge in [0.2, 0.25) is 5.91 Å². The van der Waals surface area contributed by atoms with Crippen molar-refractivity contribution in [2.75, 3.05) is 6.54 Å². The Morgan fingerprint density at radius 1 is 1.14 bits per heavy atom. The maximum absolute atomic E-state index is 12.3. The summed E-state index contributed by atoms with van der Waals surface area (Å²) < 4.78 is 2.10. The lowest BCUT2D eigenvalue weighted by Crippen LogP contribution is -2.42. The van der Waals surface area contributed by atoms with Gasteiger partial charge in [0.05, 0.1) is 24.5 Å². The molecular weight excluding hydrogens is 409 g/mol. The van der Waals surface area contributed by atoms with Crippen LogP contribution in [0.1, 0.15) is 55.1 Å². The summed E-state index contributed by atoms with van der Waals surface area (Å²) in [6.45, 7) is 3.39. The SMILES string of the molecule is Cl.Cl.N[C@@H](C(=O)NCc1cc2n(n1)CCN(C1CCCCC1)C2)c1ccccc1. The molecule has 4 rings (SSSR count). The first-order valence-corrected chi connectivity index (χ1v) is 10.1. The van der Waals surface area contributed by atoms with Crippen LogP contribution in [-0.4, -0.2) is 33.2 Å². The molecule has 1 fully saturated rings. The van der Waals surface area contributed by atoms with Crippen molar-refractivity contribution in [3.05, 3.63) is 53.3 Å². The number of amides is 1. The molecule has 0 unspecified atom stereocenters. The Balaban J connectivity index is 0.00000150. The largest absolute Gasteiger partial charge is 0.349 e. The molecule has 1 aromatic heterocycles. The Kier molecular flexibility index (Phi) is 8.96. The molecule has 2 heterocycles. The van der Waals surface area contributed by atoms with Crippen molar-refractivity contribution in [2.45, 2.75) is 63.8 Å². The number of nitrogens with two attached hydrogens (primary N) is 1. The first-order chi connectivity index (χ1) is 13.2. The van der Waals surface area contributed by atoms with E-state index >= 15 is 0 Å². The zero-order valence-electron chi connectivity index (χ0n) is 16.6. The molecule has 1 atom stereocenters. The lowest BCUT2D eigenvalue weighted by atomic mass is 9.94. The molecule has 0 bridgehead atoms. The van der Waals surface area contributed by atoms with Gasteiger partial charge in [-0.25, -0.2) is 0 Å². The molecule has 2 aromatic rings. The Labute approximate surface area is 185 Å². The quantitative estimate of drug-likeness (QED) is 0.749. The molecule has 0 radical (unpaired) electrons. The van der Waals surface area contributed by atoms with Crippen LogP contribution in [0.4, 0.5) is 0 Å². The topological polar surface area (TPSA) is 76.2 Å². The summed E-state index contributed by atoms with van der Waals surface area (Å²) in [5.74, 6) is -0.170. The number of hydrogen-bond donors (Lipinski definition) is 2. The van der Waals surface area contributed by atoms with E-state index in [1.54, 1.807) is 0 Å². The fourth-order valence-electron chi connectivity index (χ4n) is 4.29. The summed E-state index contributed by atoms with van der Waals surface area (Å²) in [7, 11) is 0. The van der Waals surface area contributed by atoms with Crippen LogP contribution >= 0.6 is 24.8 Å². The zero-order valence-corrected chi connectivity index (χ0v) is 18.3. The molecule has 8 heteroatoms. The summed E-state index contributed by atoms with van der Waals surface area (Å²) in [4.78, 5) is 15.0. The van der Waals surface area contributed by atoms with Crippen molar-refractivity contribution in [3.8, 4) is 0 Å².